The van der Waals surface area contributed by atoms with Gasteiger partial charge < -0.3 is 19.1 Å². The number of benzene rings is 2. The van der Waals surface area contributed by atoms with Crippen LogP contribution in [-0.4, -0.2) is 44.7 Å². The number of carbonyl (C=O) groups excluding carboxylic acids is 2. The van der Waals surface area contributed by atoms with Crippen molar-refractivity contribution in [3.8, 4) is 11.5 Å². The summed E-state index contributed by atoms with van der Waals surface area (Å²) in [6.07, 6.45) is 0. The number of methoxy groups -OCH3 is 3. The Bertz CT molecular complexity index is 815. The van der Waals surface area contributed by atoms with E-state index in [9.17, 15) is 9.59 Å². The number of aryl methyl sites for hydroxylation is 1. The Balaban J connectivity index is 2.39. The van der Waals surface area contributed by atoms with Crippen LogP contribution >= 0.6 is 22.6 Å². The fraction of sp³-hybridized carbons (Fsp3) is 0.300. The van der Waals surface area contributed by atoms with E-state index < -0.39 is 5.97 Å². The molecule has 0 unspecified atom stereocenters. The van der Waals surface area contributed by atoms with Gasteiger partial charge in [0.25, 0.3) is 5.91 Å². The zero-order chi connectivity index (χ0) is 20.0. The highest BCUT2D eigenvalue weighted by Gasteiger charge is 2.22. The highest BCUT2D eigenvalue weighted by Crippen LogP contribution is 2.25. The highest BCUT2D eigenvalue weighted by molar-refractivity contribution is 14.1. The topological polar surface area (TPSA) is 65.1 Å². The minimum absolute atomic E-state index is 0.154. The maximum atomic E-state index is 13.1. The van der Waals surface area contributed by atoms with Crippen LogP contribution < -0.4 is 9.47 Å². The van der Waals surface area contributed by atoms with Gasteiger partial charge in [-0.05, 0) is 58.8 Å². The predicted molar refractivity (Wildman–Crippen MR) is 110 cm³/mol. The molecule has 0 aliphatic rings. The van der Waals surface area contributed by atoms with Crippen LogP contribution in [0.15, 0.2) is 36.4 Å². The summed E-state index contributed by atoms with van der Waals surface area (Å²) < 4.78 is 16.2. The van der Waals surface area contributed by atoms with Crippen molar-refractivity contribution in [2.75, 3.05) is 27.9 Å². The van der Waals surface area contributed by atoms with E-state index in [0.717, 1.165) is 14.7 Å². The quantitative estimate of drug-likeness (QED) is 0.446. The second-order valence-corrected chi connectivity index (χ2v) is 6.97. The first-order chi connectivity index (χ1) is 12.9. The summed E-state index contributed by atoms with van der Waals surface area (Å²) in [6.45, 7) is 2.00. The summed E-state index contributed by atoms with van der Waals surface area (Å²) >= 11 is 2.15. The fourth-order valence-electron chi connectivity index (χ4n) is 2.58. The van der Waals surface area contributed by atoms with Crippen molar-refractivity contribution in [1.82, 2.24) is 4.90 Å². The van der Waals surface area contributed by atoms with E-state index in [4.69, 9.17) is 14.2 Å². The summed E-state index contributed by atoms with van der Waals surface area (Å²) in [5.74, 6) is 0.496. The zero-order valence-corrected chi connectivity index (χ0v) is 17.9. The first-order valence-electron chi connectivity index (χ1n) is 8.22. The molecule has 144 valence electrons. The molecule has 6 nitrogen and oxygen atoms in total. The summed E-state index contributed by atoms with van der Waals surface area (Å²) in [5, 5.41) is 0. The molecule has 0 fully saturated rings. The summed E-state index contributed by atoms with van der Waals surface area (Å²) in [7, 11) is 4.42. The minimum atomic E-state index is -0.485. The Morgan fingerprint density at radius 2 is 1.67 bits per heavy atom. The van der Waals surface area contributed by atoms with Crippen molar-refractivity contribution >= 4 is 34.5 Å². The Hall–Kier alpha value is -2.29. The van der Waals surface area contributed by atoms with Gasteiger partial charge in [0.1, 0.15) is 18.0 Å². The third-order valence-electron chi connectivity index (χ3n) is 4.04. The monoisotopic (exact) mass is 483 g/mol. The molecule has 0 aliphatic heterocycles. The van der Waals surface area contributed by atoms with Crippen molar-refractivity contribution in [3.63, 3.8) is 0 Å². The molecule has 2 rings (SSSR count). The molecule has 27 heavy (non-hydrogen) atoms. The zero-order valence-electron chi connectivity index (χ0n) is 15.7. The van der Waals surface area contributed by atoms with E-state index in [-0.39, 0.29) is 19.0 Å². The second kappa shape index (κ2) is 9.59. The molecular formula is C20H22INO5. The van der Waals surface area contributed by atoms with E-state index in [2.05, 4.69) is 22.6 Å². The number of carbonyl (C=O) groups is 2. The number of esters is 1. The lowest BCUT2D eigenvalue weighted by Crippen LogP contribution is -2.36. The van der Waals surface area contributed by atoms with Gasteiger partial charge in [-0.15, -0.1) is 0 Å². The maximum absolute atomic E-state index is 13.1. The van der Waals surface area contributed by atoms with Gasteiger partial charge in [-0.25, -0.2) is 0 Å². The van der Waals surface area contributed by atoms with Crippen molar-refractivity contribution in [2.24, 2.45) is 0 Å². The molecule has 0 bridgehead atoms. The standard InChI is InChI=1S/C20H22INO5/c1-13-6-5-7-17(19(13)21)20(24)22(12-18(23)27-4)11-14-8-15(25-2)10-16(9-14)26-3/h5-10H,11-12H2,1-4H3. The van der Waals surface area contributed by atoms with Gasteiger partial charge in [-0.3, -0.25) is 9.59 Å². The van der Waals surface area contributed by atoms with Gasteiger partial charge in [0.2, 0.25) is 0 Å². The fourth-order valence-corrected chi connectivity index (χ4v) is 3.17. The molecule has 0 N–H and O–H groups in total. The molecule has 0 spiro atoms. The SMILES string of the molecule is COC(=O)CN(Cc1cc(OC)cc(OC)c1)C(=O)c1cccc(C)c1I. The lowest BCUT2D eigenvalue weighted by molar-refractivity contribution is -0.141. The molecule has 0 aliphatic carbocycles. The van der Waals surface area contributed by atoms with Crippen molar-refractivity contribution < 1.29 is 23.8 Å². The normalized spacial score (nSPS) is 10.3. The number of nitrogens with zero attached hydrogens (tertiary/aromatic N) is 1. The van der Waals surface area contributed by atoms with Crippen LogP contribution in [0.4, 0.5) is 0 Å². The average Bonchev–Trinajstić information content (AvgIpc) is 2.68. The van der Waals surface area contributed by atoms with Crippen LogP contribution in [0.3, 0.4) is 0 Å². The van der Waals surface area contributed by atoms with Crippen molar-refractivity contribution in [2.45, 2.75) is 13.5 Å². The van der Waals surface area contributed by atoms with Crippen molar-refractivity contribution in [3.05, 3.63) is 56.7 Å². The molecule has 0 saturated carbocycles. The second-order valence-electron chi connectivity index (χ2n) is 5.89. The third-order valence-corrected chi connectivity index (χ3v) is 5.47. The van der Waals surface area contributed by atoms with Gasteiger partial charge in [0.15, 0.2) is 0 Å². The van der Waals surface area contributed by atoms with Crippen LogP contribution in [0.25, 0.3) is 0 Å². The van der Waals surface area contributed by atoms with Crippen molar-refractivity contribution in [1.29, 1.82) is 0 Å². The summed E-state index contributed by atoms with van der Waals surface area (Å²) in [5.41, 5.74) is 2.34. The minimum Gasteiger partial charge on any atom is -0.497 e. The molecule has 0 heterocycles. The van der Waals surface area contributed by atoms with E-state index in [1.54, 1.807) is 38.5 Å². The maximum Gasteiger partial charge on any atom is 0.325 e. The summed E-state index contributed by atoms with van der Waals surface area (Å²) in [4.78, 5) is 26.5. The highest BCUT2D eigenvalue weighted by atomic mass is 127. The number of rotatable bonds is 7. The van der Waals surface area contributed by atoms with Gasteiger partial charge in [0, 0.05) is 16.2 Å². The van der Waals surface area contributed by atoms with Crippen LogP contribution in [0.1, 0.15) is 21.5 Å². The van der Waals surface area contributed by atoms with Gasteiger partial charge in [-0.1, -0.05) is 12.1 Å². The molecule has 2 aromatic carbocycles. The first-order valence-corrected chi connectivity index (χ1v) is 9.30. The Morgan fingerprint density at radius 3 is 2.22 bits per heavy atom. The van der Waals surface area contributed by atoms with E-state index in [1.165, 1.54) is 12.0 Å². The van der Waals surface area contributed by atoms with Crippen LogP contribution in [0, 0.1) is 10.5 Å². The van der Waals surface area contributed by atoms with Gasteiger partial charge >= 0.3 is 5.97 Å². The Kier molecular flexibility index (Phi) is 7.46. The van der Waals surface area contributed by atoms with E-state index in [0.29, 0.717) is 17.1 Å². The first kappa shape index (κ1) is 21.0. The number of hydrogen-bond acceptors (Lipinski definition) is 5. The molecule has 0 atom stereocenters. The molecule has 0 aromatic heterocycles. The Morgan fingerprint density at radius 1 is 1.04 bits per heavy atom. The molecule has 0 saturated heterocycles. The summed E-state index contributed by atoms with van der Waals surface area (Å²) in [6, 6.07) is 10.9. The van der Waals surface area contributed by atoms with Crippen LogP contribution in [0.5, 0.6) is 11.5 Å². The molecule has 1 amide bonds. The Labute approximate surface area is 172 Å². The van der Waals surface area contributed by atoms with Crippen LogP contribution in [-0.2, 0) is 16.1 Å². The molecular weight excluding hydrogens is 461 g/mol. The molecule has 7 heteroatoms. The smallest absolute Gasteiger partial charge is 0.325 e. The third kappa shape index (κ3) is 5.35. The average molecular weight is 483 g/mol. The lowest BCUT2D eigenvalue weighted by Gasteiger charge is -2.23. The lowest BCUT2D eigenvalue weighted by atomic mass is 10.1. The number of ether oxygens (including phenoxy) is 3. The van der Waals surface area contributed by atoms with E-state index in [1.807, 2.05) is 19.1 Å². The molecule has 2 aromatic rings. The largest absolute Gasteiger partial charge is 0.497 e. The van der Waals surface area contributed by atoms with E-state index >= 15 is 0 Å². The van der Waals surface area contributed by atoms with Gasteiger partial charge in [-0.2, -0.15) is 0 Å². The number of hydrogen-bond donors (Lipinski definition) is 0. The number of amides is 1. The predicted octanol–water partition coefficient (Wildman–Crippen LogP) is 3.43. The number of halogens is 1. The molecule has 0 radical (unpaired) electrons. The van der Waals surface area contributed by atoms with Crippen LogP contribution in [0.2, 0.25) is 0 Å². The van der Waals surface area contributed by atoms with Gasteiger partial charge in [0.05, 0.1) is 26.9 Å².